The number of anilines is 1. The third-order valence-corrected chi connectivity index (χ3v) is 9.24. The SMILES string of the molecule is CC1CCCC(n2cnc(-c3cc(Cl)ccc3-c3ccc(S(N)(=O)=O)cc3)cc2=O)c2cc(ccn2)-c2c(cnn2C)NC1=O. The number of aromatic nitrogens is 5. The van der Waals surface area contributed by atoms with Crippen molar-refractivity contribution in [2.45, 2.75) is 37.1 Å². The van der Waals surface area contributed by atoms with Crippen molar-refractivity contribution >= 4 is 33.2 Å². The van der Waals surface area contributed by atoms with E-state index >= 15 is 0 Å². The molecule has 0 radical (unpaired) electrons. The predicted molar refractivity (Wildman–Crippen MR) is 172 cm³/mol. The van der Waals surface area contributed by atoms with Gasteiger partial charge in [0.1, 0.15) is 0 Å². The fourth-order valence-corrected chi connectivity index (χ4v) is 6.37. The minimum Gasteiger partial charge on any atom is -0.323 e. The topological polar surface area (TPSA) is 155 Å². The largest absolute Gasteiger partial charge is 0.323 e. The molecule has 0 aliphatic carbocycles. The minimum absolute atomic E-state index is 0.00756. The highest BCUT2D eigenvalue weighted by atomic mass is 35.5. The maximum absolute atomic E-state index is 13.8. The summed E-state index contributed by atoms with van der Waals surface area (Å²) < 4.78 is 26.8. The number of rotatable bonds is 4. The smallest absolute Gasteiger partial charge is 0.254 e. The summed E-state index contributed by atoms with van der Waals surface area (Å²) >= 11 is 6.37. The van der Waals surface area contributed by atoms with Gasteiger partial charge in [0.15, 0.2) is 0 Å². The van der Waals surface area contributed by atoms with Gasteiger partial charge in [-0.05, 0) is 60.4 Å². The molecule has 2 unspecified atom stereocenters. The maximum atomic E-state index is 13.8. The molecule has 1 aliphatic heterocycles. The number of benzene rings is 2. The van der Waals surface area contributed by atoms with Crippen LogP contribution < -0.4 is 16.0 Å². The molecule has 2 atom stereocenters. The number of nitrogens with zero attached hydrogens (tertiary/aromatic N) is 5. The number of primary sulfonamides is 1. The number of fused-ring (bicyclic) bond motifs is 4. The monoisotopic (exact) mass is 643 g/mol. The number of hydrogen-bond donors (Lipinski definition) is 2. The van der Waals surface area contributed by atoms with Crippen LogP contribution in [0.3, 0.4) is 0 Å². The number of pyridine rings is 1. The van der Waals surface area contributed by atoms with Crippen molar-refractivity contribution < 1.29 is 13.2 Å². The van der Waals surface area contributed by atoms with Gasteiger partial charge in [-0.25, -0.2) is 18.5 Å². The first-order valence-electron chi connectivity index (χ1n) is 14.3. The summed E-state index contributed by atoms with van der Waals surface area (Å²) in [7, 11) is -2.04. The Kier molecular flexibility index (Phi) is 8.12. The lowest BCUT2D eigenvalue weighted by Crippen LogP contribution is -2.27. The van der Waals surface area contributed by atoms with Crippen LogP contribution in [0.2, 0.25) is 5.02 Å². The number of aryl methyl sites for hydroxylation is 1. The summed E-state index contributed by atoms with van der Waals surface area (Å²) in [5.74, 6) is -0.336. The number of halogens is 1. The molecule has 1 aliphatic rings. The zero-order valence-electron chi connectivity index (χ0n) is 24.5. The molecular formula is C32H30ClN7O4S. The van der Waals surface area contributed by atoms with Gasteiger partial charge in [-0.2, -0.15) is 5.10 Å². The summed E-state index contributed by atoms with van der Waals surface area (Å²) in [4.78, 5) is 36.1. The zero-order chi connectivity index (χ0) is 31.9. The molecule has 3 aromatic heterocycles. The summed E-state index contributed by atoms with van der Waals surface area (Å²) in [6, 6.07) is 16.2. The van der Waals surface area contributed by atoms with Crippen molar-refractivity contribution in [3.8, 4) is 33.6 Å². The van der Waals surface area contributed by atoms with Crippen LogP contribution in [0.25, 0.3) is 33.6 Å². The average Bonchev–Trinajstić information content (AvgIpc) is 3.38. The lowest BCUT2D eigenvalue weighted by Gasteiger charge is -2.22. The Balaban J connectivity index is 1.42. The molecule has 13 heteroatoms. The maximum Gasteiger partial charge on any atom is 0.254 e. The molecule has 5 aromatic rings. The van der Waals surface area contributed by atoms with Crippen LogP contribution in [0.1, 0.15) is 37.9 Å². The van der Waals surface area contributed by atoms with Gasteiger partial charge < -0.3 is 5.32 Å². The Bertz CT molecular complexity index is 2090. The van der Waals surface area contributed by atoms with E-state index in [9.17, 15) is 18.0 Å². The van der Waals surface area contributed by atoms with Crippen LogP contribution in [0, 0.1) is 5.92 Å². The normalized spacial score (nSPS) is 17.1. The van der Waals surface area contributed by atoms with E-state index < -0.39 is 16.1 Å². The van der Waals surface area contributed by atoms with Crippen molar-refractivity contribution in [3.05, 3.63) is 100 Å². The third kappa shape index (κ3) is 6.17. The Morgan fingerprint density at radius 1 is 0.956 bits per heavy atom. The number of nitrogens with two attached hydrogens (primary N) is 1. The molecule has 0 spiro atoms. The van der Waals surface area contributed by atoms with Gasteiger partial charge in [-0.3, -0.25) is 23.8 Å². The second-order valence-electron chi connectivity index (χ2n) is 11.1. The van der Waals surface area contributed by atoms with Gasteiger partial charge in [-0.1, -0.05) is 43.1 Å². The van der Waals surface area contributed by atoms with Crippen LogP contribution in [0.15, 0.2) is 89.1 Å². The van der Waals surface area contributed by atoms with Crippen LogP contribution in [0.5, 0.6) is 0 Å². The first kappa shape index (κ1) is 30.4. The summed E-state index contributed by atoms with van der Waals surface area (Å²) in [6.45, 7) is 1.89. The quantitative estimate of drug-likeness (QED) is 0.279. The van der Waals surface area contributed by atoms with Crippen molar-refractivity contribution in [1.29, 1.82) is 0 Å². The molecule has 11 nitrogen and oxygen atoms in total. The molecule has 2 aromatic carbocycles. The summed E-state index contributed by atoms with van der Waals surface area (Å²) in [5, 5.41) is 13.1. The molecule has 45 heavy (non-hydrogen) atoms. The van der Waals surface area contributed by atoms with E-state index in [0.29, 0.717) is 58.1 Å². The Morgan fingerprint density at radius 2 is 1.73 bits per heavy atom. The highest BCUT2D eigenvalue weighted by molar-refractivity contribution is 7.89. The lowest BCUT2D eigenvalue weighted by atomic mass is 9.96. The number of sulfonamides is 1. The van der Waals surface area contributed by atoms with Gasteiger partial charge in [0.25, 0.3) is 5.56 Å². The van der Waals surface area contributed by atoms with Crippen LogP contribution in [-0.2, 0) is 21.9 Å². The van der Waals surface area contributed by atoms with E-state index in [2.05, 4.69) is 20.4 Å². The van der Waals surface area contributed by atoms with Gasteiger partial charge in [0, 0.05) is 41.4 Å². The van der Waals surface area contributed by atoms with E-state index in [1.807, 2.05) is 26.1 Å². The minimum atomic E-state index is -3.85. The van der Waals surface area contributed by atoms with Gasteiger partial charge in [0.2, 0.25) is 15.9 Å². The molecule has 0 saturated heterocycles. The highest BCUT2D eigenvalue weighted by Gasteiger charge is 2.24. The summed E-state index contributed by atoms with van der Waals surface area (Å²) in [5.41, 5.74) is 5.00. The first-order valence-corrected chi connectivity index (χ1v) is 16.2. The van der Waals surface area contributed by atoms with Crippen LogP contribution in [-0.4, -0.2) is 38.6 Å². The number of nitrogens with one attached hydrogen (secondary N) is 1. The van der Waals surface area contributed by atoms with Gasteiger partial charge in [0.05, 0.1) is 46.2 Å². The van der Waals surface area contributed by atoms with Crippen molar-refractivity contribution in [2.75, 3.05) is 5.32 Å². The van der Waals surface area contributed by atoms with Crippen LogP contribution >= 0.6 is 11.6 Å². The standard InChI is InChI=1S/C32H30ClN7O4S/c1-19-4-3-5-29(27-14-21(12-13-35-27)31-28(38-32(19)42)17-37-39(31)2)40-18-36-26(16-30(40)41)25-15-22(33)8-11-24(25)20-6-9-23(10-7-20)45(34,43)44/h6-19,29H,3-5H2,1-2H3,(H,38,42)(H2,34,43,44). The zero-order valence-corrected chi connectivity index (χ0v) is 26.1. The molecule has 1 amide bonds. The molecular weight excluding hydrogens is 614 g/mol. The second-order valence-corrected chi connectivity index (χ2v) is 13.1. The molecule has 0 saturated carbocycles. The fourth-order valence-electron chi connectivity index (χ4n) is 5.68. The van der Waals surface area contributed by atoms with E-state index in [0.717, 1.165) is 11.3 Å². The third-order valence-electron chi connectivity index (χ3n) is 8.08. The van der Waals surface area contributed by atoms with E-state index in [-0.39, 0.29) is 22.3 Å². The number of carbonyl (C=O) groups is 1. The molecule has 230 valence electrons. The fraction of sp³-hybridized carbons (Fsp3) is 0.219. The average molecular weight is 644 g/mol. The number of carbonyl (C=O) groups excluding carboxylic acids is 1. The molecule has 6 rings (SSSR count). The molecule has 0 fully saturated rings. The molecule has 4 heterocycles. The predicted octanol–water partition coefficient (Wildman–Crippen LogP) is 5.02. The first-order chi connectivity index (χ1) is 21.5. The Morgan fingerprint density at radius 3 is 2.47 bits per heavy atom. The second kappa shape index (κ2) is 12.0. The lowest BCUT2D eigenvalue weighted by molar-refractivity contribution is -0.119. The van der Waals surface area contributed by atoms with Gasteiger partial charge >= 0.3 is 0 Å². The van der Waals surface area contributed by atoms with Crippen molar-refractivity contribution in [1.82, 2.24) is 24.3 Å². The number of hydrogen-bond acceptors (Lipinski definition) is 7. The molecule has 3 N–H and O–H groups in total. The van der Waals surface area contributed by atoms with Crippen LogP contribution in [0.4, 0.5) is 5.69 Å². The van der Waals surface area contributed by atoms with E-state index in [4.69, 9.17) is 16.7 Å². The molecule has 2 bridgehead atoms. The highest BCUT2D eigenvalue weighted by Crippen LogP contribution is 2.35. The number of amides is 1. The Hall–Kier alpha value is -4.65. The van der Waals surface area contributed by atoms with E-state index in [1.54, 1.807) is 52.0 Å². The van der Waals surface area contributed by atoms with E-state index in [1.165, 1.54) is 24.5 Å². The summed E-state index contributed by atoms with van der Waals surface area (Å²) in [6.07, 6.45) is 6.70. The van der Waals surface area contributed by atoms with Gasteiger partial charge in [-0.15, -0.1) is 0 Å². The van der Waals surface area contributed by atoms with Crippen molar-refractivity contribution in [3.63, 3.8) is 0 Å². The Labute approximate surface area is 264 Å². The van der Waals surface area contributed by atoms with Crippen molar-refractivity contribution in [2.24, 2.45) is 18.1 Å².